The summed E-state index contributed by atoms with van der Waals surface area (Å²) in [6.45, 7) is 0. The van der Waals surface area contributed by atoms with Crippen LogP contribution in [-0.4, -0.2) is 15.0 Å². The van der Waals surface area contributed by atoms with Gasteiger partial charge >= 0.3 is 7.82 Å². The molecule has 0 radical (unpaired) electrons. The van der Waals surface area contributed by atoms with Crippen molar-refractivity contribution in [1.29, 1.82) is 0 Å². The van der Waals surface area contributed by atoms with E-state index in [0.29, 0.717) is 0 Å². The molecule has 0 aliphatic carbocycles. The number of carbonyl (C=O) groups excluding carboxylic acids is 1. The van der Waals surface area contributed by atoms with Gasteiger partial charge in [-0.05, 0) is 35.9 Å². The van der Waals surface area contributed by atoms with E-state index in [4.69, 9.17) is 21.4 Å². The third kappa shape index (κ3) is 6.33. The first kappa shape index (κ1) is 18.1. The molecule has 16 heavy (non-hydrogen) atoms. The maximum absolute atomic E-state index is 10.6. The molecule has 0 bridgehead atoms. The number of phosphoric ester groups is 1. The number of phosphoric acid groups is 1. The van der Waals surface area contributed by atoms with Crippen LogP contribution in [0.1, 0.15) is 10.4 Å². The van der Waals surface area contributed by atoms with Gasteiger partial charge in [-0.25, -0.2) is 4.57 Å². The maximum Gasteiger partial charge on any atom is 0.524 e. The van der Waals surface area contributed by atoms with Crippen LogP contribution in [0.25, 0.3) is 0 Å². The summed E-state index contributed by atoms with van der Waals surface area (Å²) in [4.78, 5) is 27.5. The zero-order valence-electron chi connectivity index (χ0n) is 7.57. The molecule has 0 heterocycles. The van der Waals surface area contributed by atoms with Crippen molar-refractivity contribution in [1.82, 2.24) is 0 Å². The van der Waals surface area contributed by atoms with Gasteiger partial charge in [0.15, 0.2) is 0 Å². The van der Waals surface area contributed by atoms with Gasteiger partial charge in [-0.1, -0.05) is 0 Å². The van der Waals surface area contributed by atoms with Gasteiger partial charge in [0, 0.05) is 5.56 Å². The largest absolute Gasteiger partial charge is 0.524 e. The van der Waals surface area contributed by atoms with Crippen LogP contribution in [0, 0.1) is 0 Å². The lowest BCUT2D eigenvalue weighted by atomic mass is 10.2. The van der Waals surface area contributed by atoms with Gasteiger partial charge < -0.3 is 4.52 Å². The molecular formula is C7H8Cl3O5P. The highest BCUT2D eigenvalue weighted by atomic mass is 35.5. The second-order valence-electron chi connectivity index (χ2n) is 2.38. The lowest BCUT2D eigenvalue weighted by Gasteiger charge is -2.05. The zero-order chi connectivity index (χ0) is 10.8. The van der Waals surface area contributed by atoms with Crippen molar-refractivity contribution in [3.05, 3.63) is 29.8 Å². The molecule has 0 aliphatic heterocycles. The van der Waals surface area contributed by atoms with Crippen LogP contribution in [-0.2, 0) is 4.57 Å². The molecule has 1 aromatic rings. The Kier molecular flexibility index (Phi) is 8.04. The molecule has 0 aromatic heterocycles. The van der Waals surface area contributed by atoms with E-state index in [1.807, 2.05) is 0 Å². The summed E-state index contributed by atoms with van der Waals surface area (Å²) in [5, 5.41) is -0.646. The maximum atomic E-state index is 10.6. The van der Waals surface area contributed by atoms with E-state index in [9.17, 15) is 9.36 Å². The van der Waals surface area contributed by atoms with Crippen LogP contribution in [0.3, 0.4) is 0 Å². The molecule has 5 nitrogen and oxygen atoms in total. The van der Waals surface area contributed by atoms with Crippen molar-refractivity contribution < 1.29 is 23.7 Å². The molecule has 1 rings (SSSR count). The summed E-state index contributed by atoms with van der Waals surface area (Å²) in [5.41, 5.74) is 0.227. The number of hydrogen-bond acceptors (Lipinski definition) is 3. The van der Waals surface area contributed by atoms with E-state index in [0.717, 1.165) is 0 Å². The fourth-order valence-corrected chi connectivity index (χ4v) is 1.31. The Morgan fingerprint density at radius 1 is 1.19 bits per heavy atom. The van der Waals surface area contributed by atoms with E-state index < -0.39 is 13.1 Å². The highest BCUT2D eigenvalue weighted by Gasteiger charge is 2.15. The van der Waals surface area contributed by atoms with Crippen LogP contribution >= 0.6 is 44.2 Å². The van der Waals surface area contributed by atoms with E-state index in [-0.39, 0.29) is 36.1 Å². The highest BCUT2D eigenvalue weighted by molar-refractivity contribution is 7.46. The van der Waals surface area contributed by atoms with Gasteiger partial charge in [0.1, 0.15) is 5.75 Å². The molecule has 0 saturated carbocycles. The molecule has 2 N–H and O–H groups in total. The number of benzene rings is 1. The Hall–Kier alpha value is -0.290. The van der Waals surface area contributed by atoms with E-state index in [1.54, 1.807) is 0 Å². The van der Waals surface area contributed by atoms with Crippen LogP contribution in [0.5, 0.6) is 5.75 Å². The van der Waals surface area contributed by atoms with Gasteiger partial charge in [-0.15, -0.1) is 24.8 Å². The average Bonchev–Trinajstić information content (AvgIpc) is 2.02. The van der Waals surface area contributed by atoms with Gasteiger partial charge in [-0.3, -0.25) is 14.6 Å². The molecule has 0 saturated heterocycles. The Balaban J connectivity index is 0. The third-order valence-electron chi connectivity index (χ3n) is 1.31. The predicted molar refractivity (Wildman–Crippen MR) is 63.8 cm³/mol. The number of rotatable bonds is 3. The minimum atomic E-state index is -4.54. The molecule has 0 aliphatic rings. The molecule has 92 valence electrons. The van der Waals surface area contributed by atoms with Crippen molar-refractivity contribution in [2.75, 3.05) is 0 Å². The van der Waals surface area contributed by atoms with Crippen LogP contribution < -0.4 is 4.52 Å². The summed E-state index contributed by atoms with van der Waals surface area (Å²) in [5.74, 6) is -0.0278. The molecule has 9 heteroatoms. The summed E-state index contributed by atoms with van der Waals surface area (Å²) in [6.07, 6.45) is 0. The Bertz CT molecular complexity index is 388. The first-order valence-electron chi connectivity index (χ1n) is 3.43. The van der Waals surface area contributed by atoms with Gasteiger partial charge in [0.25, 0.3) is 5.24 Å². The smallest absolute Gasteiger partial charge is 0.404 e. The Labute approximate surface area is 109 Å². The first-order valence-corrected chi connectivity index (χ1v) is 5.34. The summed E-state index contributed by atoms with van der Waals surface area (Å²) in [7, 11) is -4.54. The quantitative estimate of drug-likeness (QED) is 0.661. The molecule has 0 amide bonds. The van der Waals surface area contributed by atoms with Gasteiger partial charge in [-0.2, -0.15) is 0 Å². The van der Waals surface area contributed by atoms with E-state index in [2.05, 4.69) is 4.52 Å². The highest BCUT2D eigenvalue weighted by Crippen LogP contribution is 2.37. The Morgan fingerprint density at radius 2 is 1.62 bits per heavy atom. The monoisotopic (exact) mass is 308 g/mol. The van der Waals surface area contributed by atoms with Crippen molar-refractivity contribution in [2.45, 2.75) is 0 Å². The van der Waals surface area contributed by atoms with Crippen LogP contribution in [0.4, 0.5) is 0 Å². The lowest BCUT2D eigenvalue weighted by Crippen LogP contribution is -1.92. The minimum absolute atomic E-state index is 0. The molecule has 0 unspecified atom stereocenters. The van der Waals surface area contributed by atoms with Gasteiger partial charge in [0.2, 0.25) is 0 Å². The minimum Gasteiger partial charge on any atom is -0.404 e. The second-order valence-corrected chi connectivity index (χ2v) is 3.89. The Morgan fingerprint density at radius 3 is 1.94 bits per heavy atom. The standard InChI is InChI=1S/C7H6ClO5P.2ClH/c8-7(9)5-1-3-6(4-2-5)13-14(10,11)12;;/h1-4H,(H2,10,11,12);2*1H. The first-order chi connectivity index (χ1) is 6.38. The van der Waals surface area contributed by atoms with Crippen molar-refractivity contribution >= 4 is 49.5 Å². The van der Waals surface area contributed by atoms with Crippen molar-refractivity contribution in [3.63, 3.8) is 0 Å². The lowest BCUT2D eigenvalue weighted by molar-refractivity contribution is 0.108. The van der Waals surface area contributed by atoms with E-state index in [1.165, 1.54) is 24.3 Å². The van der Waals surface area contributed by atoms with Crippen molar-refractivity contribution in [2.24, 2.45) is 0 Å². The fourth-order valence-electron chi connectivity index (χ4n) is 0.784. The fraction of sp³-hybridized carbons (Fsp3) is 0. The third-order valence-corrected chi connectivity index (χ3v) is 1.97. The summed E-state index contributed by atoms with van der Waals surface area (Å²) in [6, 6.07) is 5.10. The predicted octanol–water partition coefficient (Wildman–Crippen LogP) is 2.38. The van der Waals surface area contributed by atoms with Crippen molar-refractivity contribution in [3.8, 4) is 5.75 Å². The molecule has 0 fully saturated rings. The van der Waals surface area contributed by atoms with E-state index >= 15 is 0 Å². The SMILES string of the molecule is Cl.Cl.O=C(Cl)c1ccc(OP(=O)(O)O)cc1. The molecule has 0 spiro atoms. The molecule has 0 atom stereocenters. The van der Waals surface area contributed by atoms with Crippen LogP contribution in [0.15, 0.2) is 24.3 Å². The second kappa shape index (κ2) is 7.12. The zero-order valence-corrected chi connectivity index (χ0v) is 10.9. The molecule has 1 aromatic carbocycles. The normalized spacial score (nSPS) is 9.69. The summed E-state index contributed by atoms with van der Waals surface area (Å²) < 4.78 is 14.6. The summed E-state index contributed by atoms with van der Waals surface area (Å²) >= 11 is 5.16. The molecular weight excluding hydrogens is 301 g/mol. The van der Waals surface area contributed by atoms with Gasteiger partial charge in [0.05, 0.1) is 0 Å². The number of halogens is 3. The van der Waals surface area contributed by atoms with Crippen LogP contribution in [0.2, 0.25) is 0 Å². The average molecular weight is 309 g/mol. The number of hydrogen-bond donors (Lipinski definition) is 2. The number of carbonyl (C=O) groups is 1. The topological polar surface area (TPSA) is 83.8 Å².